The number of halogens is 1. The molecule has 0 fully saturated rings. The number of hydrogen-bond acceptors (Lipinski definition) is 1. The Morgan fingerprint density at radius 1 is 0.714 bits per heavy atom. The van der Waals surface area contributed by atoms with Crippen LogP contribution in [0.1, 0.15) is 89.9 Å². The SMILES string of the molecule is O=C(O)CCCCCCCC=CCCCCCCCCCl. The van der Waals surface area contributed by atoms with E-state index in [1.165, 1.54) is 64.2 Å². The van der Waals surface area contributed by atoms with Crippen molar-refractivity contribution in [2.75, 3.05) is 5.88 Å². The number of aliphatic carboxylic acids is 1. The third kappa shape index (κ3) is 19.5. The van der Waals surface area contributed by atoms with E-state index < -0.39 is 5.97 Å². The number of unbranched alkanes of at least 4 members (excludes halogenated alkanes) is 11. The van der Waals surface area contributed by atoms with Crippen molar-refractivity contribution in [3.63, 3.8) is 0 Å². The molecule has 0 saturated heterocycles. The fourth-order valence-electron chi connectivity index (χ4n) is 2.37. The van der Waals surface area contributed by atoms with Crippen LogP contribution in [0.25, 0.3) is 0 Å². The van der Waals surface area contributed by atoms with Crippen molar-refractivity contribution in [3.8, 4) is 0 Å². The third-order valence-electron chi connectivity index (χ3n) is 3.68. The van der Waals surface area contributed by atoms with Crippen molar-refractivity contribution in [3.05, 3.63) is 12.2 Å². The van der Waals surface area contributed by atoms with Crippen molar-refractivity contribution in [2.24, 2.45) is 0 Å². The first-order valence-corrected chi connectivity index (χ1v) is 9.23. The molecule has 0 unspecified atom stereocenters. The number of carboxylic acids is 1. The zero-order valence-electron chi connectivity index (χ0n) is 13.5. The van der Waals surface area contributed by atoms with E-state index in [4.69, 9.17) is 16.7 Å². The molecule has 0 atom stereocenters. The topological polar surface area (TPSA) is 37.3 Å². The van der Waals surface area contributed by atoms with Crippen molar-refractivity contribution < 1.29 is 9.90 Å². The second-order valence-electron chi connectivity index (χ2n) is 5.77. The lowest BCUT2D eigenvalue weighted by atomic mass is 10.1. The van der Waals surface area contributed by atoms with E-state index in [1.807, 2.05) is 0 Å². The molecule has 0 rings (SSSR count). The summed E-state index contributed by atoms with van der Waals surface area (Å²) in [7, 11) is 0. The summed E-state index contributed by atoms with van der Waals surface area (Å²) in [6.45, 7) is 0. The van der Waals surface area contributed by atoms with Gasteiger partial charge in [0.1, 0.15) is 0 Å². The van der Waals surface area contributed by atoms with Crippen molar-refractivity contribution in [2.45, 2.75) is 89.9 Å². The molecular weight excluding hydrogens is 284 g/mol. The number of allylic oxidation sites excluding steroid dienone is 2. The van der Waals surface area contributed by atoms with Gasteiger partial charge in [0.2, 0.25) is 0 Å². The van der Waals surface area contributed by atoms with Crippen LogP contribution in [0.3, 0.4) is 0 Å². The Bertz CT molecular complexity index is 252. The lowest BCUT2D eigenvalue weighted by Crippen LogP contribution is -1.93. The van der Waals surface area contributed by atoms with Gasteiger partial charge in [-0.05, 0) is 38.5 Å². The molecule has 3 heteroatoms. The quantitative estimate of drug-likeness (QED) is 0.205. The number of carbonyl (C=O) groups is 1. The first-order valence-electron chi connectivity index (χ1n) is 8.70. The molecule has 0 heterocycles. The van der Waals surface area contributed by atoms with Crippen LogP contribution in [-0.4, -0.2) is 17.0 Å². The Morgan fingerprint density at radius 2 is 1.14 bits per heavy atom. The van der Waals surface area contributed by atoms with Crippen molar-refractivity contribution in [1.29, 1.82) is 0 Å². The van der Waals surface area contributed by atoms with Gasteiger partial charge in [0.05, 0.1) is 0 Å². The Kier molecular flexibility index (Phi) is 17.1. The Labute approximate surface area is 136 Å². The second-order valence-corrected chi connectivity index (χ2v) is 6.15. The predicted molar refractivity (Wildman–Crippen MR) is 92.1 cm³/mol. The molecular formula is C18H33ClO2. The number of carboxylic acid groups (broad SMARTS) is 1. The molecule has 0 amide bonds. The van der Waals surface area contributed by atoms with Crippen LogP contribution in [0, 0.1) is 0 Å². The van der Waals surface area contributed by atoms with Gasteiger partial charge in [-0.3, -0.25) is 4.79 Å². The summed E-state index contributed by atoms with van der Waals surface area (Å²) in [5.74, 6) is 0.138. The molecule has 21 heavy (non-hydrogen) atoms. The van der Waals surface area contributed by atoms with Gasteiger partial charge in [0.15, 0.2) is 0 Å². The van der Waals surface area contributed by atoms with E-state index in [2.05, 4.69) is 12.2 Å². The lowest BCUT2D eigenvalue weighted by molar-refractivity contribution is -0.137. The lowest BCUT2D eigenvalue weighted by Gasteiger charge is -1.99. The normalized spacial score (nSPS) is 11.3. The summed E-state index contributed by atoms with van der Waals surface area (Å²) >= 11 is 5.64. The molecule has 0 aliphatic heterocycles. The maximum Gasteiger partial charge on any atom is 0.303 e. The maximum absolute atomic E-state index is 10.3. The first-order chi connectivity index (χ1) is 10.3. The van der Waals surface area contributed by atoms with Gasteiger partial charge >= 0.3 is 5.97 Å². The molecule has 1 N–H and O–H groups in total. The summed E-state index contributed by atoms with van der Waals surface area (Å²) in [6, 6.07) is 0. The molecule has 2 nitrogen and oxygen atoms in total. The highest BCUT2D eigenvalue weighted by molar-refractivity contribution is 6.17. The van der Waals surface area contributed by atoms with Crippen LogP contribution < -0.4 is 0 Å². The highest BCUT2D eigenvalue weighted by atomic mass is 35.5. The summed E-state index contributed by atoms with van der Waals surface area (Å²) in [4.78, 5) is 10.3. The van der Waals surface area contributed by atoms with Crippen molar-refractivity contribution in [1.82, 2.24) is 0 Å². The summed E-state index contributed by atoms with van der Waals surface area (Å²) in [5, 5.41) is 8.51. The number of alkyl halides is 1. The fraction of sp³-hybridized carbons (Fsp3) is 0.833. The monoisotopic (exact) mass is 316 g/mol. The van der Waals surface area contributed by atoms with Gasteiger partial charge in [-0.15, -0.1) is 11.6 Å². The van der Waals surface area contributed by atoms with Gasteiger partial charge in [-0.1, -0.05) is 57.1 Å². The first kappa shape index (κ1) is 20.5. The van der Waals surface area contributed by atoms with Gasteiger partial charge in [-0.2, -0.15) is 0 Å². The highest BCUT2D eigenvalue weighted by Gasteiger charge is 1.95. The van der Waals surface area contributed by atoms with E-state index in [0.29, 0.717) is 6.42 Å². The van der Waals surface area contributed by atoms with Gasteiger partial charge in [0.25, 0.3) is 0 Å². The van der Waals surface area contributed by atoms with Gasteiger partial charge < -0.3 is 5.11 Å². The Balaban J connectivity index is 3.07. The minimum absolute atomic E-state index is 0.325. The van der Waals surface area contributed by atoms with Crippen LogP contribution in [0.4, 0.5) is 0 Å². The summed E-state index contributed by atoms with van der Waals surface area (Å²) < 4.78 is 0. The molecule has 0 aliphatic carbocycles. The van der Waals surface area contributed by atoms with E-state index in [1.54, 1.807) is 0 Å². The summed E-state index contributed by atoms with van der Waals surface area (Å²) in [5.41, 5.74) is 0. The molecule has 0 aromatic heterocycles. The molecule has 0 bridgehead atoms. The summed E-state index contributed by atoms with van der Waals surface area (Å²) in [6.07, 6.45) is 20.7. The van der Waals surface area contributed by atoms with E-state index in [9.17, 15) is 4.79 Å². The standard InChI is InChI=1S/C18H33ClO2/c19-17-15-13-11-9-7-5-3-1-2-4-6-8-10-12-14-16-18(20)21/h1-2H,3-17H2,(H,20,21). The second kappa shape index (κ2) is 17.6. The number of hydrogen-bond donors (Lipinski definition) is 1. The maximum atomic E-state index is 10.3. The Morgan fingerprint density at radius 3 is 1.62 bits per heavy atom. The average Bonchev–Trinajstić information content (AvgIpc) is 2.46. The smallest absolute Gasteiger partial charge is 0.303 e. The van der Waals surface area contributed by atoms with Crippen LogP contribution in [0.2, 0.25) is 0 Å². The molecule has 0 aromatic rings. The zero-order valence-corrected chi connectivity index (χ0v) is 14.3. The van der Waals surface area contributed by atoms with Gasteiger partial charge in [-0.25, -0.2) is 0 Å². The molecule has 0 saturated carbocycles. The zero-order chi connectivity index (χ0) is 15.6. The van der Waals surface area contributed by atoms with Crippen LogP contribution in [0.5, 0.6) is 0 Å². The molecule has 0 aromatic carbocycles. The van der Waals surface area contributed by atoms with Crippen LogP contribution in [0.15, 0.2) is 12.2 Å². The Hall–Kier alpha value is -0.500. The molecule has 124 valence electrons. The number of rotatable bonds is 16. The predicted octanol–water partition coefficient (Wildman–Crippen LogP) is 6.33. The van der Waals surface area contributed by atoms with E-state index >= 15 is 0 Å². The van der Waals surface area contributed by atoms with Crippen molar-refractivity contribution >= 4 is 17.6 Å². The molecule has 0 aliphatic rings. The minimum atomic E-state index is -0.669. The molecule has 0 spiro atoms. The van der Waals surface area contributed by atoms with Crippen LogP contribution >= 0.6 is 11.6 Å². The van der Waals surface area contributed by atoms with E-state index in [0.717, 1.165) is 25.1 Å². The minimum Gasteiger partial charge on any atom is -0.481 e. The molecule has 0 radical (unpaired) electrons. The fourth-order valence-corrected chi connectivity index (χ4v) is 2.56. The third-order valence-corrected chi connectivity index (χ3v) is 3.95. The van der Waals surface area contributed by atoms with Gasteiger partial charge in [0, 0.05) is 12.3 Å². The average molecular weight is 317 g/mol. The van der Waals surface area contributed by atoms with Crippen LogP contribution in [-0.2, 0) is 4.79 Å². The largest absolute Gasteiger partial charge is 0.481 e. The highest BCUT2D eigenvalue weighted by Crippen LogP contribution is 2.10. The van der Waals surface area contributed by atoms with E-state index in [-0.39, 0.29) is 0 Å².